The minimum atomic E-state index is -1.58. The van der Waals surface area contributed by atoms with E-state index in [1.165, 1.54) is 244 Å². The van der Waals surface area contributed by atoms with Crippen LogP contribution in [0.15, 0.2) is 97.2 Å². The van der Waals surface area contributed by atoms with Gasteiger partial charge in [-0.05, 0) is 89.9 Å². The van der Waals surface area contributed by atoms with Gasteiger partial charge in [0.25, 0.3) is 0 Å². The van der Waals surface area contributed by atoms with E-state index in [4.69, 9.17) is 9.47 Å². The molecule has 0 aromatic rings. The number of allylic oxidation sites excluding steroid dienone is 15. The van der Waals surface area contributed by atoms with Gasteiger partial charge in [-0.25, -0.2) is 0 Å². The molecule has 0 radical (unpaired) electrons. The largest absolute Gasteiger partial charge is 0.394 e. The lowest BCUT2D eigenvalue weighted by Gasteiger charge is -2.40. The summed E-state index contributed by atoms with van der Waals surface area (Å²) in [6, 6.07) is -0.833. The molecule has 88 heavy (non-hydrogen) atoms. The van der Waals surface area contributed by atoms with Crippen molar-refractivity contribution in [2.24, 2.45) is 0 Å². The van der Waals surface area contributed by atoms with E-state index in [0.29, 0.717) is 6.42 Å². The van der Waals surface area contributed by atoms with Crippen molar-refractivity contribution in [2.75, 3.05) is 13.2 Å². The van der Waals surface area contributed by atoms with Crippen molar-refractivity contribution < 1.29 is 39.8 Å². The van der Waals surface area contributed by atoms with E-state index in [0.717, 1.165) is 77.0 Å². The predicted octanol–water partition coefficient (Wildman–Crippen LogP) is 21.0. The molecule has 0 bridgehead atoms. The average molecular weight is 1230 g/mol. The second-order valence-electron chi connectivity index (χ2n) is 25.7. The standard InChI is InChI=1S/C79H141NO8/c1-3-5-7-9-11-13-15-17-19-21-23-25-27-29-31-32-33-34-35-36-37-38-39-40-41-42-43-45-47-49-51-53-55-57-59-61-63-65-67-69-75(83)80-72(71-87-79-78(86)77(85)76(84)74(70-81)88-79)73(82)68-66-64-62-60-58-56-54-52-50-48-46-44-30-28-26-24-22-20-18-16-14-12-10-8-6-4-2/h5,7,11,13,17,19,23,25,29,31,50,52,58,60,66,68,72-74,76-79,81-82,84-86H,3-4,6,8-10,12,14-16,18,20-22,24,26-28,30,32-49,51,53-57,59,61-65,67,69-71H2,1-2H3,(H,80,83)/b7-5-,13-11-,19-17-,25-23-,31-29-,52-50+,60-58+,68-66+. The molecule has 9 nitrogen and oxygen atoms in total. The monoisotopic (exact) mass is 1230 g/mol. The number of aliphatic hydroxyl groups is 5. The molecule has 1 aliphatic rings. The minimum Gasteiger partial charge on any atom is -0.394 e. The van der Waals surface area contributed by atoms with Crippen molar-refractivity contribution in [1.29, 1.82) is 0 Å². The molecule has 1 heterocycles. The van der Waals surface area contributed by atoms with Gasteiger partial charge in [0.05, 0.1) is 25.4 Å². The molecule has 7 unspecified atom stereocenters. The van der Waals surface area contributed by atoms with Crippen molar-refractivity contribution in [3.63, 3.8) is 0 Å². The summed E-state index contributed by atoms with van der Waals surface area (Å²) in [5.74, 6) is -0.187. The van der Waals surface area contributed by atoms with Gasteiger partial charge in [-0.1, -0.05) is 342 Å². The van der Waals surface area contributed by atoms with Crippen LogP contribution in [-0.2, 0) is 14.3 Å². The number of hydrogen-bond acceptors (Lipinski definition) is 8. The molecule has 0 aromatic carbocycles. The van der Waals surface area contributed by atoms with Crippen LogP contribution in [0.4, 0.5) is 0 Å². The summed E-state index contributed by atoms with van der Waals surface area (Å²) < 4.78 is 11.3. The van der Waals surface area contributed by atoms with E-state index < -0.39 is 49.5 Å². The third-order valence-corrected chi connectivity index (χ3v) is 17.4. The highest BCUT2D eigenvalue weighted by Gasteiger charge is 2.44. The first-order valence-corrected chi connectivity index (χ1v) is 37.5. The van der Waals surface area contributed by atoms with Crippen LogP contribution in [0.1, 0.15) is 341 Å². The fourth-order valence-corrected chi connectivity index (χ4v) is 11.6. The number of carbonyl (C=O) groups excluding carboxylic acids is 1. The van der Waals surface area contributed by atoms with Crippen LogP contribution in [0.25, 0.3) is 0 Å². The van der Waals surface area contributed by atoms with Gasteiger partial charge in [0.2, 0.25) is 5.91 Å². The molecule has 1 rings (SSSR count). The van der Waals surface area contributed by atoms with E-state index in [1.54, 1.807) is 6.08 Å². The number of nitrogens with one attached hydrogen (secondary N) is 1. The van der Waals surface area contributed by atoms with Crippen molar-refractivity contribution in [3.05, 3.63) is 97.2 Å². The van der Waals surface area contributed by atoms with Crippen LogP contribution in [0.3, 0.4) is 0 Å². The summed E-state index contributed by atoms with van der Waals surface area (Å²) in [5.41, 5.74) is 0. The van der Waals surface area contributed by atoms with Crippen LogP contribution in [0.5, 0.6) is 0 Å². The first-order chi connectivity index (χ1) is 43.3. The van der Waals surface area contributed by atoms with Crippen molar-refractivity contribution in [2.45, 2.75) is 384 Å². The topological polar surface area (TPSA) is 149 Å². The maximum Gasteiger partial charge on any atom is 0.220 e. The van der Waals surface area contributed by atoms with E-state index in [1.807, 2.05) is 6.08 Å². The van der Waals surface area contributed by atoms with Gasteiger partial charge in [0, 0.05) is 6.42 Å². The summed E-state index contributed by atoms with van der Waals surface area (Å²) in [6.07, 6.45) is 91.1. The number of amides is 1. The molecule has 9 heteroatoms. The molecular formula is C79H141NO8. The Morgan fingerprint density at radius 1 is 0.398 bits per heavy atom. The molecule has 0 aliphatic carbocycles. The lowest BCUT2D eigenvalue weighted by atomic mass is 9.99. The Kier molecular flexibility index (Phi) is 63.3. The van der Waals surface area contributed by atoms with E-state index in [9.17, 15) is 30.3 Å². The molecule has 6 N–H and O–H groups in total. The zero-order valence-electron chi connectivity index (χ0n) is 57.2. The molecule has 0 aromatic heterocycles. The quantitative estimate of drug-likeness (QED) is 0.0261. The number of hydrogen-bond donors (Lipinski definition) is 6. The second-order valence-corrected chi connectivity index (χ2v) is 25.7. The molecule has 1 fully saturated rings. The molecule has 0 spiro atoms. The van der Waals surface area contributed by atoms with Crippen molar-refractivity contribution in [1.82, 2.24) is 5.32 Å². The fourth-order valence-electron chi connectivity index (χ4n) is 11.6. The first kappa shape index (κ1) is 83.1. The number of unbranched alkanes of at least 4 members (excludes halogenated alkanes) is 41. The van der Waals surface area contributed by atoms with E-state index >= 15 is 0 Å². The molecule has 1 amide bonds. The van der Waals surface area contributed by atoms with Crippen LogP contribution >= 0.6 is 0 Å². The number of aliphatic hydroxyl groups excluding tert-OH is 5. The van der Waals surface area contributed by atoms with Gasteiger partial charge in [-0.2, -0.15) is 0 Å². The van der Waals surface area contributed by atoms with Crippen LogP contribution in [-0.4, -0.2) is 87.5 Å². The maximum absolute atomic E-state index is 13.1. The molecule has 0 saturated carbocycles. The number of carbonyl (C=O) groups is 1. The van der Waals surface area contributed by atoms with Crippen LogP contribution in [0, 0.1) is 0 Å². The fraction of sp³-hybridized carbons (Fsp3) is 0.785. The van der Waals surface area contributed by atoms with Gasteiger partial charge < -0.3 is 40.3 Å². The van der Waals surface area contributed by atoms with Crippen molar-refractivity contribution in [3.8, 4) is 0 Å². The predicted molar refractivity (Wildman–Crippen MR) is 378 cm³/mol. The number of rotatable bonds is 65. The molecular weight excluding hydrogens is 1090 g/mol. The lowest BCUT2D eigenvalue weighted by molar-refractivity contribution is -0.302. The first-order valence-electron chi connectivity index (χ1n) is 37.5. The molecule has 1 aliphatic heterocycles. The third-order valence-electron chi connectivity index (χ3n) is 17.4. The zero-order chi connectivity index (χ0) is 63.5. The Morgan fingerprint density at radius 3 is 1.09 bits per heavy atom. The Morgan fingerprint density at radius 2 is 0.716 bits per heavy atom. The highest BCUT2D eigenvalue weighted by Crippen LogP contribution is 2.23. The van der Waals surface area contributed by atoms with Gasteiger partial charge in [-0.3, -0.25) is 4.79 Å². The minimum absolute atomic E-state index is 0.187. The Balaban J connectivity index is 2.10. The zero-order valence-corrected chi connectivity index (χ0v) is 57.2. The summed E-state index contributed by atoms with van der Waals surface area (Å²) in [4.78, 5) is 13.1. The Labute approximate surface area is 543 Å². The van der Waals surface area contributed by atoms with Gasteiger partial charge in [0.15, 0.2) is 6.29 Å². The maximum atomic E-state index is 13.1. The second kappa shape index (κ2) is 67.0. The lowest BCUT2D eigenvalue weighted by Crippen LogP contribution is -2.60. The van der Waals surface area contributed by atoms with Crippen molar-refractivity contribution >= 4 is 5.91 Å². The average Bonchev–Trinajstić information content (AvgIpc) is 3.65. The van der Waals surface area contributed by atoms with Crippen LogP contribution < -0.4 is 5.32 Å². The molecule has 7 atom stereocenters. The smallest absolute Gasteiger partial charge is 0.220 e. The van der Waals surface area contributed by atoms with Crippen LogP contribution in [0.2, 0.25) is 0 Å². The van der Waals surface area contributed by atoms with E-state index in [-0.39, 0.29) is 12.5 Å². The summed E-state index contributed by atoms with van der Waals surface area (Å²) in [7, 11) is 0. The van der Waals surface area contributed by atoms with Gasteiger partial charge >= 0.3 is 0 Å². The van der Waals surface area contributed by atoms with E-state index in [2.05, 4.69) is 104 Å². The van der Waals surface area contributed by atoms with Gasteiger partial charge in [0.1, 0.15) is 24.4 Å². The summed E-state index contributed by atoms with van der Waals surface area (Å²) in [6.45, 7) is 3.68. The normalized spacial score (nSPS) is 18.5. The van der Waals surface area contributed by atoms with Gasteiger partial charge in [-0.15, -0.1) is 0 Å². The summed E-state index contributed by atoms with van der Waals surface area (Å²) in [5, 5.41) is 54.8. The molecule has 510 valence electrons. The summed E-state index contributed by atoms with van der Waals surface area (Å²) >= 11 is 0. The Hall–Kier alpha value is -2.89. The highest BCUT2D eigenvalue weighted by molar-refractivity contribution is 5.76. The highest BCUT2D eigenvalue weighted by atomic mass is 16.7. The molecule has 1 saturated heterocycles. The third kappa shape index (κ3) is 54.8. The Bertz CT molecular complexity index is 1720. The SMILES string of the molecule is CC/C=C\C/C=C\C/C=C\C/C=C\C/C=C\CCCCCCCCCCCCCCCCCCCCCCCCCC(=O)NC(COC1OC(CO)C(O)C(O)C1O)C(O)/C=C/CC/C=C/CC/C=C/CCCCCCCCCCCCCCCCCC. The number of ether oxygens (including phenoxy) is 2.